The first-order valence-corrected chi connectivity index (χ1v) is 7.09. The molecule has 1 aliphatic rings. The van der Waals surface area contributed by atoms with Crippen LogP contribution in [0.15, 0.2) is 23.7 Å². The average Bonchev–Trinajstić information content (AvgIpc) is 2.57. The van der Waals surface area contributed by atoms with Crippen molar-refractivity contribution in [2.24, 2.45) is 0 Å². The maximum Gasteiger partial charge on any atom is 0.492 e. The molecule has 0 spiro atoms. The number of aryl methyl sites for hydroxylation is 1. The van der Waals surface area contributed by atoms with Gasteiger partial charge in [-0.3, -0.25) is 0 Å². The van der Waals surface area contributed by atoms with Gasteiger partial charge in [0.05, 0.1) is 17.8 Å². The van der Waals surface area contributed by atoms with E-state index in [0.717, 1.165) is 11.1 Å². The van der Waals surface area contributed by atoms with Crippen molar-refractivity contribution in [3.05, 3.63) is 40.6 Å². The number of halogens is 1. The first-order chi connectivity index (χ1) is 9.66. The Morgan fingerprint density at radius 2 is 1.81 bits per heavy atom. The first kappa shape index (κ1) is 16.2. The largest absolute Gasteiger partial charge is 0.492 e. The molecule has 0 radical (unpaired) electrons. The predicted octanol–water partition coefficient (Wildman–Crippen LogP) is 3.14. The van der Waals surface area contributed by atoms with Crippen molar-refractivity contribution in [3.63, 3.8) is 0 Å². The van der Waals surface area contributed by atoms with Gasteiger partial charge in [0.15, 0.2) is 0 Å². The normalized spacial score (nSPS) is 20.9. The smallest absolute Gasteiger partial charge is 0.400 e. The number of benzene rings is 1. The van der Waals surface area contributed by atoms with E-state index >= 15 is 0 Å². The summed E-state index contributed by atoms with van der Waals surface area (Å²) in [5.74, 6) is -0.272. The molecule has 1 saturated heterocycles. The maximum absolute atomic E-state index is 13.2. The molecule has 0 atom stereocenters. The Labute approximate surface area is 125 Å². The van der Waals surface area contributed by atoms with Crippen LogP contribution in [0.5, 0.6) is 0 Å². The highest BCUT2D eigenvalue weighted by molar-refractivity contribution is 6.55. The third kappa shape index (κ3) is 3.20. The fraction of sp³-hybridized carbons (Fsp3) is 0.500. The molecule has 1 aromatic carbocycles. The SMILES string of the molecule is Cc1cc(F)ccc1C=C(CO)B1OC(C)(C)C(C)(C)O1. The first-order valence-electron chi connectivity index (χ1n) is 7.09. The maximum atomic E-state index is 13.2. The molecule has 0 saturated carbocycles. The minimum atomic E-state index is -0.593. The molecule has 2 rings (SSSR count). The molecule has 3 nitrogen and oxygen atoms in total. The van der Waals surface area contributed by atoms with Gasteiger partial charge in [0.25, 0.3) is 0 Å². The van der Waals surface area contributed by atoms with E-state index in [-0.39, 0.29) is 12.4 Å². The predicted molar refractivity (Wildman–Crippen MR) is 82.3 cm³/mol. The van der Waals surface area contributed by atoms with Gasteiger partial charge in [0.1, 0.15) is 5.82 Å². The third-order valence-electron chi connectivity index (χ3n) is 4.31. The topological polar surface area (TPSA) is 38.7 Å². The summed E-state index contributed by atoms with van der Waals surface area (Å²) in [5.41, 5.74) is 1.36. The molecule has 0 amide bonds. The van der Waals surface area contributed by atoms with Crippen LogP contribution in [0.3, 0.4) is 0 Å². The van der Waals surface area contributed by atoms with Crippen molar-refractivity contribution < 1.29 is 18.8 Å². The van der Waals surface area contributed by atoms with Gasteiger partial charge in [0.2, 0.25) is 0 Å². The van der Waals surface area contributed by atoms with Crippen LogP contribution in [0.2, 0.25) is 0 Å². The van der Waals surface area contributed by atoms with Crippen LogP contribution in [0.25, 0.3) is 6.08 Å². The lowest BCUT2D eigenvalue weighted by molar-refractivity contribution is 0.00578. The second kappa shape index (κ2) is 5.56. The quantitative estimate of drug-likeness (QED) is 0.870. The minimum Gasteiger partial charge on any atom is -0.400 e. The molecular weight excluding hydrogens is 270 g/mol. The molecule has 1 aliphatic heterocycles. The van der Waals surface area contributed by atoms with E-state index in [9.17, 15) is 9.50 Å². The zero-order valence-corrected chi connectivity index (χ0v) is 13.2. The zero-order chi connectivity index (χ0) is 15.8. The Morgan fingerprint density at radius 3 is 2.29 bits per heavy atom. The number of aliphatic hydroxyl groups excluding tert-OH is 1. The van der Waals surface area contributed by atoms with Crippen LogP contribution < -0.4 is 0 Å². The lowest BCUT2D eigenvalue weighted by atomic mass is 9.77. The third-order valence-corrected chi connectivity index (χ3v) is 4.31. The molecule has 1 aromatic rings. The molecular formula is C16H22BFO3. The highest BCUT2D eigenvalue weighted by atomic mass is 19.1. The summed E-state index contributed by atoms with van der Waals surface area (Å²) in [6, 6.07) is 4.55. The Bertz CT molecular complexity index is 551. The zero-order valence-electron chi connectivity index (χ0n) is 13.2. The van der Waals surface area contributed by atoms with E-state index in [1.807, 2.05) is 34.6 Å². The Morgan fingerprint density at radius 1 is 1.24 bits per heavy atom. The number of hydrogen-bond acceptors (Lipinski definition) is 3. The standard InChI is InChI=1S/C16H22BFO3/c1-11-8-14(18)7-6-12(11)9-13(10-19)17-20-15(2,3)16(4,5)21-17/h6-9,19H,10H2,1-5H3. The molecule has 0 aromatic heterocycles. The molecule has 21 heavy (non-hydrogen) atoms. The lowest BCUT2D eigenvalue weighted by Crippen LogP contribution is -2.41. The second-order valence-electron chi connectivity index (χ2n) is 6.47. The molecule has 5 heteroatoms. The van der Waals surface area contributed by atoms with Gasteiger partial charge in [-0.1, -0.05) is 12.1 Å². The second-order valence-corrected chi connectivity index (χ2v) is 6.47. The van der Waals surface area contributed by atoms with Crippen molar-refractivity contribution in [3.8, 4) is 0 Å². The average molecular weight is 292 g/mol. The van der Waals surface area contributed by atoms with Gasteiger partial charge in [-0.15, -0.1) is 0 Å². The van der Waals surface area contributed by atoms with Crippen LogP contribution in [-0.4, -0.2) is 30.0 Å². The van der Waals surface area contributed by atoms with E-state index in [2.05, 4.69) is 0 Å². The molecule has 0 bridgehead atoms. The van der Waals surface area contributed by atoms with Gasteiger partial charge < -0.3 is 14.4 Å². The number of aliphatic hydroxyl groups is 1. The van der Waals surface area contributed by atoms with Crippen LogP contribution >= 0.6 is 0 Å². The number of rotatable bonds is 3. The van der Waals surface area contributed by atoms with Crippen LogP contribution in [-0.2, 0) is 9.31 Å². The molecule has 1 heterocycles. The van der Waals surface area contributed by atoms with Gasteiger partial charge >= 0.3 is 7.12 Å². The molecule has 1 fully saturated rings. The van der Waals surface area contributed by atoms with Crippen molar-refractivity contribution >= 4 is 13.2 Å². The van der Waals surface area contributed by atoms with Crippen LogP contribution in [0.1, 0.15) is 38.8 Å². The van der Waals surface area contributed by atoms with Crippen molar-refractivity contribution in [1.82, 2.24) is 0 Å². The summed E-state index contributed by atoms with van der Waals surface area (Å²) in [4.78, 5) is 0. The van der Waals surface area contributed by atoms with Crippen molar-refractivity contribution in [2.75, 3.05) is 6.61 Å². The highest BCUT2D eigenvalue weighted by Crippen LogP contribution is 2.38. The van der Waals surface area contributed by atoms with Gasteiger partial charge in [-0.25, -0.2) is 4.39 Å². The lowest BCUT2D eigenvalue weighted by Gasteiger charge is -2.32. The van der Waals surface area contributed by atoms with E-state index < -0.39 is 18.3 Å². The fourth-order valence-electron chi connectivity index (χ4n) is 2.18. The monoisotopic (exact) mass is 292 g/mol. The Balaban J connectivity index is 2.31. The summed E-state index contributed by atoms with van der Waals surface area (Å²) in [6.45, 7) is 9.51. The highest BCUT2D eigenvalue weighted by Gasteiger charge is 2.52. The van der Waals surface area contributed by atoms with E-state index in [1.165, 1.54) is 12.1 Å². The Kier molecular flexibility index (Phi) is 4.29. The van der Waals surface area contributed by atoms with Crippen LogP contribution in [0.4, 0.5) is 4.39 Å². The van der Waals surface area contributed by atoms with E-state index in [1.54, 1.807) is 12.1 Å². The molecule has 0 unspecified atom stereocenters. The summed E-state index contributed by atoms with van der Waals surface area (Å²) < 4.78 is 25.0. The van der Waals surface area contributed by atoms with Crippen molar-refractivity contribution in [1.29, 1.82) is 0 Å². The van der Waals surface area contributed by atoms with E-state index in [4.69, 9.17) is 9.31 Å². The van der Waals surface area contributed by atoms with Gasteiger partial charge in [-0.2, -0.15) is 0 Å². The Hall–Kier alpha value is -1.17. The summed E-state index contributed by atoms with van der Waals surface area (Å²) >= 11 is 0. The molecule has 1 N–H and O–H groups in total. The molecule has 114 valence electrons. The summed E-state index contributed by atoms with van der Waals surface area (Å²) in [6.07, 6.45) is 1.80. The molecule has 0 aliphatic carbocycles. The number of hydrogen-bond donors (Lipinski definition) is 1. The fourth-order valence-corrected chi connectivity index (χ4v) is 2.18. The van der Waals surface area contributed by atoms with Crippen molar-refractivity contribution in [2.45, 2.75) is 45.8 Å². The summed E-state index contributed by atoms with van der Waals surface area (Å²) in [7, 11) is -0.593. The van der Waals surface area contributed by atoms with Gasteiger partial charge in [-0.05, 0) is 63.4 Å². The minimum absolute atomic E-state index is 0.173. The summed E-state index contributed by atoms with van der Waals surface area (Å²) in [5, 5.41) is 9.63. The van der Waals surface area contributed by atoms with E-state index in [0.29, 0.717) is 5.47 Å². The van der Waals surface area contributed by atoms with Crippen LogP contribution in [0, 0.1) is 12.7 Å². The van der Waals surface area contributed by atoms with Gasteiger partial charge in [0, 0.05) is 0 Å².